The van der Waals surface area contributed by atoms with Gasteiger partial charge < -0.3 is 15.8 Å². The van der Waals surface area contributed by atoms with Crippen LogP contribution < -0.4 is 11.1 Å². The van der Waals surface area contributed by atoms with Gasteiger partial charge in [0.1, 0.15) is 11.6 Å². The number of nitrogens with zero attached hydrogens (tertiary/aromatic N) is 2. The quantitative estimate of drug-likeness (QED) is 0.640. The Labute approximate surface area is 116 Å². The van der Waals surface area contributed by atoms with Crippen LogP contribution >= 0.6 is 0 Å². The molecule has 1 heterocycles. The third-order valence-electron chi connectivity index (χ3n) is 2.99. The van der Waals surface area contributed by atoms with Gasteiger partial charge in [0.05, 0.1) is 25.4 Å². The van der Waals surface area contributed by atoms with Gasteiger partial charge in [-0.3, -0.25) is 9.89 Å². The van der Waals surface area contributed by atoms with Crippen molar-refractivity contribution in [3.63, 3.8) is 0 Å². The van der Waals surface area contributed by atoms with E-state index in [0.29, 0.717) is 6.54 Å². The highest BCUT2D eigenvalue weighted by atomic mass is 19.1. The Hall–Kier alpha value is -1.73. The van der Waals surface area contributed by atoms with Crippen LogP contribution in [-0.4, -0.2) is 50.3 Å². The van der Waals surface area contributed by atoms with Gasteiger partial charge in [-0.15, -0.1) is 0 Å². The van der Waals surface area contributed by atoms with Gasteiger partial charge in [-0.25, -0.2) is 8.78 Å². The van der Waals surface area contributed by atoms with Crippen molar-refractivity contribution in [1.82, 2.24) is 4.90 Å². The zero-order chi connectivity index (χ0) is 14.4. The highest BCUT2D eigenvalue weighted by Crippen LogP contribution is 2.14. The molecule has 0 aromatic heterocycles. The summed E-state index contributed by atoms with van der Waals surface area (Å²) < 4.78 is 31.6. The van der Waals surface area contributed by atoms with Gasteiger partial charge in [-0.2, -0.15) is 0 Å². The number of anilines is 1. The van der Waals surface area contributed by atoms with Crippen molar-refractivity contribution in [1.29, 1.82) is 0 Å². The minimum absolute atomic E-state index is 0.0161. The third kappa shape index (κ3) is 4.43. The largest absolute Gasteiger partial charge is 0.379 e. The second-order valence-corrected chi connectivity index (χ2v) is 4.47. The number of guanidine groups is 1. The number of nitrogens with one attached hydrogen (secondary N) is 1. The van der Waals surface area contributed by atoms with Crippen molar-refractivity contribution < 1.29 is 13.5 Å². The molecule has 1 aromatic rings. The zero-order valence-electron chi connectivity index (χ0n) is 11.1. The normalized spacial score (nSPS) is 17.2. The molecule has 1 fully saturated rings. The summed E-state index contributed by atoms with van der Waals surface area (Å²) in [7, 11) is 0. The maximum Gasteiger partial charge on any atom is 0.193 e. The van der Waals surface area contributed by atoms with Crippen LogP contribution in [0, 0.1) is 11.6 Å². The van der Waals surface area contributed by atoms with Gasteiger partial charge in [0, 0.05) is 25.7 Å². The fourth-order valence-electron chi connectivity index (χ4n) is 1.91. The van der Waals surface area contributed by atoms with Gasteiger partial charge in [0.25, 0.3) is 0 Å². The summed E-state index contributed by atoms with van der Waals surface area (Å²) in [5.41, 5.74) is 5.63. The number of hydrogen-bond acceptors (Lipinski definition) is 3. The lowest BCUT2D eigenvalue weighted by Crippen LogP contribution is -2.38. The molecule has 0 bridgehead atoms. The molecule has 1 aliphatic rings. The molecule has 7 heteroatoms. The van der Waals surface area contributed by atoms with E-state index in [1.54, 1.807) is 0 Å². The Balaban J connectivity index is 1.82. The fraction of sp³-hybridized carbons (Fsp3) is 0.462. The predicted octanol–water partition coefficient (Wildman–Crippen LogP) is 1.02. The minimum atomic E-state index is -0.572. The van der Waals surface area contributed by atoms with E-state index >= 15 is 0 Å². The van der Waals surface area contributed by atoms with E-state index in [0.717, 1.165) is 51.0 Å². The average molecular weight is 284 g/mol. The van der Waals surface area contributed by atoms with E-state index in [-0.39, 0.29) is 11.6 Å². The Morgan fingerprint density at radius 3 is 2.85 bits per heavy atom. The SMILES string of the molecule is NC(=NCCN1CCOCC1)Nc1cc(F)ccc1F. The predicted molar refractivity (Wildman–Crippen MR) is 73.7 cm³/mol. The summed E-state index contributed by atoms with van der Waals surface area (Å²) in [5, 5.41) is 2.56. The van der Waals surface area contributed by atoms with Crippen LogP contribution in [0.4, 0.5) is 14.5 Å². The number of rotatable bonds is 4. The summed E-state index contributed by atoms with van der Waals surface area (Å²) in [4.78, 5) is 6.31. The minimum Gasteiger partial charge on any atom is -0.379 e. The average Bonchev–Trinajstić information content (AvgIpc) is 2.44. The Bertz CT molecular complexity index is 475. The van der Waals surface area contributed by atoms with Gasteiger partial charge in [-0.05, 0) is 12.1 Å². The van der Waals surface area contributed by atoms with Gasteiger partial charge in [-0.1, -0.05) is 0 Å². The molecule has 0 aliphatic carbocycles. The number of aliphatic imine (C=N–C) groups is 1. The van der Waals surface area contributed by atoms with Crippen molar-refractivity contribution in [3.8, 4) is 0 Å². The molecule has 20 heavy (non-hydrogen) atoms. The Morgan fingerprint density at radius 2 is 2.10 bits per heavy atom. The molecule has 3 N–H and O–H groups in total. The number of hydrogen-bond donors (Lipinski definition) is 2. The molecule has 0 saturated carbocycles. The van der Waals surface area contributed by atoms with Gasteiger partial charge in [0.15, 0.2) is 5.96 Å². The first-order chi connectivity index (χ1) is 9.65. The van der Waals surface area contributed by atoms with Crippen LogP contribution in [0.25, 0.3) is 0 Å². The topological polar surface area (TPSA) is 62.9 Å². The Morgan fingerprint density at radius 1 is 1.35 bits per heavy atom. The van der Waals surface area contributed by atoms with E-state index in [4.69, 9.17) is 10.5 Å². The summed E-state index contributed by atoms with van der Waals surface area (Å²) in [6.45, 7) is 4.47. The monoisotopic (exact) mass is 284 g/mol. The fourth-order valence-corrected chi connectivity index (χ4v) is 1.91. The highest BCUT2D eigenvalue weighted by molar-refractivity contribution is 5.92. The molecule has 0 unspecified atom stereocenters. The number of benzene rings is 1. The van der Waals surface area contributed by atoms with Crippen LogP contribution in [0.15, 0.2) is 23.2 Å². The lowest BCUT2D eigenvalue weighted by Gasteiger charge is -2.25. The zero-order valence-corrected chi connectivity index (χ0v) is 11.1. The molecule has 5 nitrogen and oxygen atoms in total. The summed E-state index contributed by atoms with van der Waals surface area (Å²) in [5.74, 6) is -1.03. The number of halogens is 2. The first-order valence-corrected chi connectivity index (χ1v) is 6.47. The molecule has 1 saturated heterocycles. The van der Waals surface area contributed by atoms with Gasteiger partial charge >= 0.3 is 0 Å². The van der Waals surface area contributed by atoms with Crippen molar-refractivity contribution in [2.45, 2.75) is 0 Å². The third-order valence-corrected chi connectivity index (χ3v) is 2.99. The van der Waals surface area contributed by atoms with E-state index < -0.39 is 11.6 Å². The van der Waals surface area contributed by atoms with Crippen molar-refractivity contribution in [2.24, 2.45) is 10.7 Å². The molecular formula is C13H18F2N4O. The first kappa shape index (κ1) is 14.7. The molecule has 1 aliphatic heterocycles. The lowest BCUT2D eigenvalue weighted by atomic mass is 10.3. The van der Waals surface area contributed by atoms with E-state index in [2.05, 4.69) is 15.2 Å². The molecule has 0 radical (unpaired) electrons. The summed E-state index contributed by atoms with van der Waals surface area (Å²) in [6, 6.07) is 3.13. The van der Waals surface area contributed by atoms with Crippen molar-refractivity contribution in [3.05, 3.63) is 29.8 Å². The van der Waals surface area contributed by atoms with Gasteiger partial charge in [0.2, 0.25) is 0 Å². The van der Waals surface area contributed by atoms with E-state index in [1.165, 1.54) is 0 Å². The maximum absolute atomic E-state index is 13.4. The van der Waals surface area contributed by atoms with Crippen LogP contribution in [-0.2, 0) is 4.74 Å². The maximum atomic E-state index is 13.4. The molecule has 0 amide bonds. The molecule has 2 rings (SSSR count). The van der Waals surface area contributed by atoms with E-state index in [1.807, 2.05) is 0 Å². The molecule has 0 spiro atoms. The molecule has 0 atom stereocenters. The number of nitrogens with two attached hydrogens (primary N) is 1. The van der Waals surface area contributed by atoms with Crippen LogP contribution in [0.1, 0.15) is 0 Å². The number of morpholine rings is 1. The lowest BCUT2D eigenvalue weighted by molar-refractivity contribution is 0.0394. The number of ether oxygens (including phenoxy) is 1. The summed E-state index contributed by atoms with van der Waals surface area (Å²) in [6.07, 6.45) is 0. The van der Waals surface area contributed by atoms with Crippen LogP contribution in [0.5, 0.6) is 0 Å². The smallest absolute Gasteiger partial charge is 0.193 e. The molecule has 110 valence electrons. The summed E-state index contributed by atoms with van der Waals surface area (Å²) >= 11 is 0. The standard InChI is InChI=1S/C13H18F2N4O/c14-10-1-2-11(15)12(9-10)18-13(16)17-3-4-19-5-7-20-8-6-19/h1-2,9H,3-8H2,(H3,16,17,18). The van der Waals surface area contributed by atoms with Crippen LogP contribution in [0.2, 0.25) is 0 Å². The Kier molecular flexibility index (Phi) is 5.25. The molecular weight excluding hydrogens is 266 g/mol. The highest BCUT2D eigenvalue weighted by Gasteiger charge is 2.09. The van der Waals surface area contributed by atoms with E-state index in [9.17, 15) is 8.78 Å². The van der Waals surface area contributed by atoms with Crippen molar-refractivity contribution in [2.75, 3.05) is 44.7 Å². The molecule has 1 aromatic carbocycles. The van der Waals surface area contributed by atoms with Crippen LogP contribution in [0.3, 0.4) is 0 Å². The first-order valence-electron chi connectivity index (χ1n) is 6.47. The van der Waals surface area contributed by atoms with Crippen molar-refractivity contribution >= 4 is 11.6 Å². The second-order valence-electron chi connectivity index (χ2n) is 4.47. The second kappa shape index (κ2) is 7.16.